The molecular formula is C16H19N5. The van der Waals surface area contributed by atoms with Crippen molar-refractivity contribution in [2.24, 2.45) is 9.98 Å². The number of pyridine rings is 1. The number of nitrogens with zero attached hydrogens (tertiary/aromatic N) is 5. The number of nitriles is 1. The first kappa shape index (κ1) is 14.9. The van der Waals surface area contributed by atoms with E-state index in [4.69, 9.17) is 0 Å². The van der Waals surface area contributed by atoms with Gasteiger partial charge in [0.25, 0.3) is 0 Å². The molecule has 0 unspecified atom stereocenters. The van der Waals surface area contributed by atoms with Gasteiger partial charge in [0.15, 0.2) is 0 Å². The van der Waals surface area contributed by atoms with E-state index in [1.807, 2.05) is 13.0 Å². The Labute approximate surface area is 125 Å². The lowest BCUT2D eigenvalue weighted by Crippen LogP contribution is -2.20. The van der Waals surface area contributed by atoms with Crippen LogP contribution in [0.2, 0.25) is 0 Å². The highest BCUT2D eigenvalue weighted by atomic mass is 15.2. The van der Waals surface area contributed by atoms with E-state index in [0.717, 1.165) is 43.9 Å². The fourth-order valence-electron chi connectivity index (χ4n) is 2.33. The van der Waals surface area contributed by atoms with Crippen LogP contribution in [-0.2, 0) is 0 Å². The third-order valence-electron chi connectivity index (χ3n) is 3.38. The smallest absolute Gasteiger partial charge is 0.146 e. The summed E-state index contributed by atoms with van der Waals surface area (Å²) in [5, 5.41) is 9.36. The molecule has 5 heteroatoms. The maximum atomic E-state index is 9.36. The number of aromatic nitrogens is 1. The molecule has 0 spiro atoms. The fraction of sp³-hybridized carbons (Fsp3) is 0.375. The molecule has 0 aliphatic carbocycles. The minimum absolute atomic E-state index is 0.580. The largest absolute Gasteiger partial charge is 0.356 e. The Kier molecular flexibility index (Phi) is 5.22. The van der Waals surface area contributed by atoms with Crippen molar-refractivity contribution in [2.75, 3.05) is 24.5 Å². The molecule has 0 aromatic carbocycles. The van der Waals surface area contributed by atoms with Crippen LogP contribution in [0.3, 0.4) is 0 Å². The standard InChI is InChI=1S/C16H19N5/c1-3-19-7-6-15(18-2)14-10-13(11-17)16(20-12-14)21-8-4-5-9-21/h6-7,10,12H,2-5,8-9H2,1H3/b15-6-,19-7?. The van der Waals surface area contributed by atoms with Crippen molar-refractivity contribution >= 4 is 24.4 Å². The SMILES string of the molecule is C=N/C(=C\C=NCC)c1cnc(N2CCCC2)c(C#N)c1. The lowest BCUT2D eigenvalue weighted by atomic mass is 10.1. The van der Waals surface area contributed by atoms with Crippen LogP contribution >= 0.6 is 0 Å². The molecule has 2 rings (SSSR count). The van der Waals surface area contributed by atoms with Gasteiger partial charge in [-0.25, -0.2) is 4.98 Å². The summed E-state index contributed by atoms with van der Waals surface area (Å²) in [6.07, 6.45) is 7.53. The number of hydrogen-bond acceptors (Lipinski definition) is 5. The van der Waals surface area contributed by atoms with Gasteiger partial charge in [0, 0.05) is 37.6 Å². The van der Waals surface area contributed by atoms with E-state index in [1.165, 1.54) is 0 Å². The van der Waals surface area contributed by atoms with E-state index in [9.17, 15) is 5.26 Å². The Morgan fingerprint density at radius 3 is 2.90 bits per heavy atom. The average Bonchev–Trinajstić information content (AvgIpc) is 3.05. The second-order valence-electron chi connectivity index (χ2n) is 4.76. The summed E-state index contributed by atoms with van der Waals surface area (Å²) in [5.41, 5.74) is 2.03. The predicted octanol–water partition coefficient (Wildman–Crippen LogP) is 2.69. The lowest BCUT2D eigenvalue weighted by molar-refractivity contribution is 0.933. The maximum Gasteiger partial charge on any atom is 0.146 e. The number of allylic oxidation sites excluding steroid dienone is 1. The van der Waals surface area contributed by atoms with Gasteiger partial charge < -0.3 is 4.90 Å². The van der Waals surface area contributed by atoms with Crippen LogP contribution < -0.4 is 4.90 Å². The lowest BCUT2D eigenvalue weighted by Gasteiger charge is -2.17. The third kappa shape index (κ3) is 3.54. The van der Waals surface area contributed by atoms with Crippen LogP contribution in [0, 0.1) is 11.3 Å². The highest BCUT2D eigenvalue weighted by molar-refractivity contribution is 5.85. The minimum Gasteiger partial charge on any atom is -0.356 e. The van der Waals surface area contributed by atoms with E-state index < -0.39 is 0 Å². The zero-order valence-electron chi connectivity index (χ0n) is 12.3. The molecular weight excluding hydrogens is 262 g/mol. The molecule has 0 amide bonds. The zero-order chi connectivity index (χ0) is 15.1. The minimum atomic E-state index is 0.580. The van der Waals surface area contributed by atoms with Crippen LogP contribution in [0.1, 0.15) is 30.9 Å². The molecule has 0 atom stereocenters. The second kappa shape index (κ2) is 7.34. The van der Waals surface area contributed by atoms with Crippen molar-refractivity contribution in [1.29, 1.82) is 5.26 Å². The summed E-state index contributed by atoms with van der Waals surface area (Å²) in [5.74, 6) is 0.768. The Morgan fingerprint density at radius 1 is 1.52 bits per heavy atom. The van der Waals surface area contributed by atoms with Crippen LogP contribution in [-0.4, -0.2) is 37.6 Å². The first-order chi connectivity index (χ1) is 10.3. The molecule has 2 heterocycles. The molecule has 1 aliphatic heterocycles. The van der Waals surface area contributed by atoms with Gasteiger partial charge in [0.05, 0.1) is 11.3 Å². The van der Waals surface area contributed by atoms with Gasteiger partial charge in [0.2, 0.25) is 0 Å². The molecule has 5 nitrogen and oxygen atoms in total. The molecule has 1 fully saturated rings. The third-order valence-corrected chi connectivity index (χ3v) is 3.38. The number of hydrogen-bond donors (Lipinski definition) is 0. The average molecular weight is 281 g/mol. The molecule has 0 N–H and O–H groups in total. The highest BCUT2D eigenvalue weighted by Crippen LogP contribution is 2.25. The first-order valence-electron chi connectivity index (χ1n) is 7.12. The fourth-order valence-corrected chi connectivity index (χ4v) is 2.33. The van der Waals surface area contributed by atoms with Crippen molar-refractivity contribution < 1.29 is 0 Å². The summed E-state index contributed by atoms with van der Waals surface area (Å²) in [6.45, 7) is 8.18. The maximum absolute atomic E-state index is 9.36. The molecule has 1 aromatic rings. The van der Waals surface area contributed by atoms with Crippen molar-refractivity contribution in [2.45, 2.75) is 19.8 Å². The number of rotatable bonds is 5. The van der Waals surface area contributed by atoms with Gasteiger partial charge in [0.1, 0.15) is 11.9 Å². The molecule has 0 radical (unpaired) electrons. The molecule has 1 aromatic heterocycles. The highest BCUT2D eigenvalue weighted by Gasteiger charge is 2.17. The summed E-state index contributed by atoms with van der Waals surface area (Å²) in [7, 11) is 0. The predicted molar refractivity (Wildman–Crippen MR) is 87.0 cm³/mol. The van der Waals surface area contributed by atoms with E-state index in [0.29, 0.717) is 11.3 Å². The van der Waals surface area contributed by atoms with Crippen molar-refractivity contribution in [1.82, 2.24) is 4.98 Å². The second-order valence-corrected chi connectivity index (χ2v) is 4.76. The Bertz CT molecular complexity index is 604. The van der Waals surface area contributed by atoms with Crippen molar-refractivity contribution in [3.8, 4) is 6.07 Å². The summed E-state index contributed by atoms with van der Waals surface area (Å²) in [6, 6.07) is 4.05. The van der Waals surface area contributed by atoms with E-state index in [2.05, 4.69) is 32.7 Å². The molecule has 0 saturated carbocycles. The molecule has 1 saturated heterocycles. The van der Waals surface area contributed by atoms with Gasteiger partial charge in [-0.1, -0.05) is 0 Å². The quantitative estimate of drug-likeness (QED) is 0.779. The molecule has 108 valence electrons. The normalized spacial score (nSPS) is 15.4. The monoisotopic (exact) mass is 281 g/mol. The van der Waals surface area contributed by atoms with Crippen molar-refractivity contribution in [3.05, 3.63) is 29.5 Å². The van der Waals surface area contributed by atoms with Crippen LogP contribution in [0.15, 0.2) is 28.3 Å². The summed E-state index contributed by atoms with van der Waals surface area (Å²) >= 11 is 0. The topological polar surface area (TPSA) is 64.6 Å². The summed E-state index contributed by atoms with van der Waals surface area (Å²) < 4.78 is 0. The zero-order valence-corrected chi connectivity index (χ0v) is 12.3. The summed E-state index contributed by atoms with van der Waals surface area (Å²) in [4.78, 5) is 14.7. The number of aliphatic imine (C=N–C) groups is 2. The van der Waals surface area contributed by atoms with E-state index in [1.54, 1.807) is 18.5 Å². The van der Waals surface area contributed by atoms with Gasteiger partial charge in [-0.15, -0.1) is 0 Å². The van der Waals surface area contributed by atoms with Gasteiger partial charge in [-0.3, -0.25) is 9.98 Å². The van der Waals surface area contributed by atoms with Gasteiger partial charge in [-0.2, -0.15) is 5.26 Å². The van der Waals surface area contributed by atoms with Gasteiger partial charge in [-0.05, 0) is 38.6 Å². The molecule has 21 heavy (non-hydrogen) atoms. The molecule has 0 bridgehead atoms. The van der Waals surface area contributed by atoms with Crippen LogP contribution in [0.25, 0.3) is 5.70 Å². The number of anilines is 1. The molecule has 1 aliphatic rings. The van der Waals surface area contributed by atoms with E-state index in [-0.39, 0.29) is 0 Å². The van der Waals surface area contributed by atoms with Crippen molar-refractivity contribution in [3.63, 3.8) is 0 Å². The Morgan fingerprint density at radius 2 is 2.29 bits per heavy atom. The van der Waals surface area contributed by atoms with E-state index >= 15 is 0 Å². The van der Waals surface area contributed by atoms with Crippen LogP contribution in [0.4, 0.5) is 5.82 Å². The Hall–Kier alpha value is -2.48. The van der Waals surface area contributed by atoms with Gasteiger partial charge >= 0.3 is 0 Å². The van der Waals surface area contributed by atoms with Crippen LogP contribution in [0.5, 0.6) is 0 Å². The first-order valence-corrected chi connectivity index (χ1v) is 7.12. The Balaban J connectivity index is 2.33.